The lowest BCUT2D eigenvalue weighted by Crippen LogP contribution is -2.28. The molecule has 0 atom stereocenters. The van der Waals surface area contributed by atoms with E-state index in [2.05, 4.69) is 4.72 Å². The third-order valence-corrected chi connectivity index (χ3v) is 4.92. The third-order valence-electron chi connectivity index (χ3n) is 3.61. The van der Waals surface area contributed by atoms with Crippen LogP contribution in [0.25, 0.3) is 0 Å². The van der Waals surface area contributed by atoms with Crippen molar-refractivity contribution < 1.29 is 17.6 Å². The van der Waals surface area contributed by atoms with Gasteiger partial charge in [-0.05, 0) is 43.2 Å². The second-order valence-electron chi connectivity index (χ2n) is 5.03. The van der Waals surface area contributed by atoms with Gasteiger partial charge < -0.3 is 9.32 Å². The summed E-state index contributed by atoms with van der Waals surface area (Å²) in [5, 5.41) is 0. The third kappa shape index (κ3) is 2.71. The number of nitrogens with one attached hydrogen (secondary N) is 1. The van der Waals surface area contributed by atoms with E-state index in [0.29, 0.717) is 12.2 Å². The van der Waals surface area contributed by atoms with Crippen molar-refractivity contribution >= 4 is 27.3 Å². The van der Waals surface area contributed by atoms with E-state index in [4.69, 9.17) is 4.42 Å². The number of benzene rings is 1. The lowest BCUT2D eigenvalue weighted by Gasteiger charge is -2.17. The molecule has 1 amide bonds. The number of fused-ring (bicyclic) bond motifs is 1. The summed E-state index contributed by atoms with van der Waals surface area (Å²) in [7, 11) is -3.34. The van der Waals surface area contributed by atoms with E-state index >= 15 is 0 Å². The van der Waals surface area contributed by atoms with Crippen LogP contribution in [0.3, 0.4) is 0 Å². The number of amides is 1. The molecule has 1 N–H and O–H groups in total. The highest BCUT2D eigenvalue weighted by atomic mass is 32.2. The number of anilines is 2. The molecule has 1 aliphatic heterocycles. The van der Waals surface area contributed by atoms with E-state index in [1.165, 1.54) is 6.26 Å². The predicted molar refractivity (Wildman–Crippen MR) is 83.6 cm³/mol. The van der Waals surface area contributed by atoms with Crippen molar-refractivity contribution in [2.75, 3.05) is 21.9 Å². The van der Waals surface area contributed by atoms with Crippen LogP contribution in [-0.2, 0) is 16.4 Å². The summed E-state index contributed by atoms with van der Waals surface area (Å²) in [6.07, 6.45) is 2.19. The molecule has 0 fully saturated rings. The maximum atomic E-state index is 12.4. The van der Waals surface area contributed by atoms with Crippen molar-refractivity contribution in [1.29, 1.82) is 0 Å². The van der Waals surface area contributed by atoms with E-state index in [9.17, 15) is 13.2 Å². The molecule has 0 unspecified atom stereocenters. The first kappa shape index (κ1) is 14.6. The lowest BCUT2D eigenvalue weighted by molar-refractivity contribution is 0.0963. The van der Waals surface area contributed by atoms with Gasteiger partial charge in [0.2, 0.25) is 10.0 Å². The molecule has 1 aliphatic rings. The van der Waals surface area contributed by atoms with Crippen LogP contribution >= 0.6 is 0 Å². The molecule has 2 heterocycles. The summed E-state index contributed by atoms with van der Waals surface area (Å²) in [6.45, 7) is 2.13. The second-order valence-corrected chi connectivity index (χ2v) is 7.04. The fourth-order valence-electron chi connectivity index (χ4n) is 2.44. The molecule has 0 radical (unpaired) electrons. The molecule has 7 heteroatoms. The molecule has 22 heavy (non-hydrogen) atoms. The van der Waals surface area contributed by atoms with Crippen molar-refractivity contribution in [2.45, 2.75) is 13.3 Å². The Morgan fingerprint density at radius 3 is 2.86 bits per heavy atom. The van der Waals surface area contributed by atoms with Crippen LogP contribution in [0.1, 0.15) is 23.0 Å². The Hall–Kier alpha value is -2.28. The Labute approximate surface area is 128 Å². The minimum atomic E-state index is -3.34. The molecule has 0 saturated heterocycles. The number of furan rings is 1. The molecule has 2 aromatic rings. The second kappa shape index (κ2) is 5.49. The van der Waals surface area contributed by atoms with Crippen LogP contribution < -0.4 is 9.62 Å². The Morgan fingerprint density at radius 2 is 2.18 bits per heavy atom. The fraction of sp³-hybridized carbons (Fsp3) is 0.267. The van der Waals surface area contributed by atoms with Gasteiger partial charge in [0.05, 0.1) is 17.7 Å². The molecule has 6 nitrogen and oxygen atoms in total. The Balaban J connectivity index is 1.91. The highest BCUT2D eigenvalue weighted by Crippen LogP contribution is 2.32. The van der Waals surface area contributed by atoms with Gasteiger partial charge in [-0.25, -0.2) is 8.42 Å². The standard InChI is InChI=1S/C15H16N2O4S/c1-2-22(19,20)16-12-6-5-11-7-8-17(13(11)10-12)15(18)14-4-3-9-21-14/h3-6,9-10,16H,2,7-8H2,1H3. The summed E-state index contributed by atoms with van der Waals surface area (Å²) >= 11 is 0. The van der Waals surface area contributed by atoms with Crippen LogP contribution in [0.5, 0.6) is 0 Å². The zero-order valence-electron chi connectivity index (χ0n) is 12.1. The zero-order valence-corrected chi connectivity index (χ0v) is 12.9. The van der Waals surface area contributed by atoms with Crippen molar-refractivity contribution in [2.24, 2.45) is 0 Å². The summed E-state index contributed by atoms with van der Waals surface area (Å²) in [5.41, 5.74) is 2.19. The molecule has 3 rings (SSSR count). The maximum absolute atomic E-state index is 12.4. The number of hydrogen-bond acceptors (Lipinski definition) is 4. The SMILES string of the molecule is CCS(=O)(=O)Nc1ccc2c(c1)N(C(=O)c1ccco1)CC2. The fourth-order valence-corrected chi connectivity index (χ4v) is 3.07. The Morgan fingerprint density at radius 1 is 1.36 bits per heavy atom. The van der Waals surface area contributed by atoms with Gasteiger partial charge in [0.1, 0.15) is 0 Å². The number of sulfonamides is 1. The van der Waals surface area contributed by atoms with Crippen molar-refractivity contribution in [3.63, 3.8) is 0 Å². The van der Waals surface area contributed by atoms with Gasteiger partial charge in [-0.15, -0.1) is 0 Å². The summed E-state index contributed by atoms with van der Waals surface area (Å²) in [4.78, 5) is 14.0. The van der Waals surface area contributed by atoms with E-state index in [0.717, 1.165) is 17.7 Å². The van der Waals surface area contributed by atoms with Gasteiger partial charge in [-0.2, -0.15) is 0 Å². The average molecular weight is 320 g/mol. The topological polar surface area (TPSA) is 79.6 Å². The molecule has 1 aromatic carbocycles. The van der Waals surface area contributed by atoms with Gasteiger partial charge in [-0.1, -0.05) is 6.07 Å². The van der Waals surface area contributed by atoms with E-state index < -0.39 is 10.0 Å². The summed E-state index contributed by atoms with van der Waals surface area (Å²) < 4.78 is 31.0. The Kier molecular flexibility index (Phi) is 3.66. The summed E-state index contributed by atoms with van der Waals surface area (Å²) in [5.74, 6) is 0.0469. The highest BCUT2D eigenvalue weighted by molar-refractivity contribution is 7.92. The van der Waals surface area contributed by atoms with Crippen LogP contribution in [0.15, 0.2) is 41.0 Å². The van der Waals surface area contributed by atoms with E-state index in [-0.39, 0.29) is 17.4 Å². The lowest BCUT2D eigenvalue weighted by atomic mass is 10.1. The molecule has 0 bridgehead atoms. The molecular weight excluding hydrogens is 304 g/mol. The van der Waals surface area contributed by atoms with Crippen LogP contribution in [0, 0.1) is 0 Å². The Bertz CT molecular complexity index is 797. The van der Waals surface area contributed by atoms with Crippen molar-refractivity contribution in [1.82, 2.24) is 0 Å². The predicted octanol–water partition coefficient (Wildman–Crippen LogP) is 2.24. The quantitative estimate of drug-likeness (QED) is 0.937. The van der Waals surface area contributed by atoms with Gasteiger partial charge in [0, 0.05) is 12.2 Å². The van der Waals surface area contributed by atoms with Gasteiger partial charge in [0.25, 0.3) is 5.91 Å². The molecule has 0 spiro atoms. The van der Waals surface area contributed by atoms with E-state index in [1.807, 2.05) is 6.07 Å². The highest BCUT2D eigenvalue weighted by Gasteiger charge is 2.27. The normalized spacial score (nSPS) is 14.0. The zero-order chi connectivity index (χ0) is 15.7. The minimum absolute atomic E-state index is 0.000868. The van der Waals surface area contributed by atoms with Gasteiger partial charge in [-0.3, -0.25) is 9.52 Å². The average Bonchev–Trinajstić information content (AvgIpc) is 3.15. The maximum Gasteiger partial charge on any atom is 0.293 e. The smallest absolute Gasteiger partial charge is 0.293 e. The molecular formula is C15H16N2O4S. The molecule has 0 aliphatic carbocycles. The van der Waals surface area contributed by atoms with E-state index in [1.54, 1.807) is 36.1 Å². The number of hydrogen-bond donors (Lipinski definition) is 1. The number of carbonyl (C=O) groups excluding carboxylic acids is 1. The first-order chi connectivity index (χ1) is 10.5. The number of rotatable bonds is 4. The molecule has 116 valence electrons. The van der Waals surface area contributed by atoms with Gasteiger partial charge in [0.15, 0.2) is 5.76 Å². The van der Waals surface area contributed by atoms with Crippen LogP contribution in [-0.4, -0.2) is 26.6 Å². The van der Waals surface area contributed by atoms with Crippen molar-refractivity contribution in [3.8, 4) is 0 Å². The first-order valence-corrected chi connectivity index (χ1v) is 8.64. The molecule has 0 saturated carbocycles. The number of carbonyl (C=O) groups is 1. The number of nitrogens with zero attached hydrogens (tertiary/aromatic N) is 1. The van der Waals surface area contributed by atoms with Gasteiger partial charge >= 0.3 is 0 Å². The van der Waals surface area contributed by atoms with Crippen molar-refractivity contribution in [3.05, 3.63) is 47.9 Å². The largest absolute Gasteiger partial charge is 0.459 e. The summed E-state index contributed by atoms with van der Waals surface area (Å²) in [6, 6.07) is 8.53. The molecule has 1 aromatic heterocycles. The first-order valence-electron chi connectivity index (χ1n) is 6.99. The monoisotopic (exact) mass is 320 g/mol. The van der Waals surface area contributed by atoms with Crippen LogP contribution in [0.4, 0.5) is 11.4 Å². The van der Waals surface area contributed by atoms with Crippen LogP contribution in [0.2, 0.25) is 0 Å². The minimum Gasteiger partial charge on any atom is -0.459 e.